The van der Waals surface area contributed by atoms with Crippen molar-refractivity contribution in [3.8, 4) is 0 Å². The maximum absolute atomic E-state index is 14.4. The highest BCUT2D eigenvalue weighted by Crippen LogP contribution is 2.34. The Morgan fingerprint density at radius 2 is 1.91 bits per heavy atom. The topological polar surface area (TPSA) is 57.4 Å². The summed E-state index contributed by atoms with van der Waals surface area (Å²) in [6, 6.07) is 13.5. The molecule has 1 atom stereocenters. The molecule has 33 heavy (non-hydrogen) atoms. The van der Waals surface area contributed by atoms with Crippen LogP contribution in [0.5, 0.6) is 0 Å². The van der Waals surface area contributed by atoms with Crippen LogP contribution in [-0.4, -0.2) is 49.3 Å². The number of nitrogens with zero attached hydrogens (tertiary/aromatic N) is 1. The molecule has 1 aromatic heterocycles. The van der Waals surface area contributed by atoms with E-state index in [4.69, 9.17) is 16.3 Å². The molecule has 2 heterocycles. The molecule has 1 unspecified atom stereocenters. The van der Waals surface area contributed by atoms with Gasteiger partial charge in [-0.25, -0.2) is 4.39 Å². The number of fused-ring (bicyclic) bond motifs is 1. The van der Waals surface area contributed by atoms with Gasteiger partial charge in [0.1, 0.15) is 5.82 Å². The fourth-order valence-electron chi connectivity index (χ4n) is 4.73. The minimum absolute atomic E-state index is 0.0443. The predicted octanol–water partition coefficient (Wildman–Crippen LogP) is 4.67. The first kappa shape index (κ1) is 23.9. The molecule has 0 aliphatic carbocycles. The van der Waals surface area contributed by atoms with Crippen LogP contribution in [0.4, 0.5) is 4.39 Å². The fraction of sp³-hybridized carbons (Fsp3) is 0.423. The van der Waals surface area contributed by atoms with E-state index in [9.17, 15) is 9.18 Å². The molecule has 3 aromatic rings. The van der Waals surface area contributed by atoms with Crippen molar-refractivity contribution in [3.05, 3.63) is 80.3 Å². The molecule has 1 fully saturated rings. The van der Waals surface area contributed by atoms with Crippen molar-refractivity contribution in [2.24, 2.45) is 0 Å². The lowest BCUT2D eigenvalue weighted by Crippen LogP contribution is -2.44. The molecule has 2 N–H and O–H groups in total. The highest BCUT2D eigenvalue weighted by molar-refractivity contribution is 6.30. The number of likely N-dealkylation sites (tertiary alicyclic amines) is 1. The molecule has 1 aliphatic heterocycles. The van der Waals surface area contributed by atoms with Crippen LogP contribution in [0, 0.1) is 5.82 Å². The number of aromatic amines is 1. The molecular weight excluding hydrogens is 441 g/mol. The molecule has 1 aliphatic rings. The summed E-state index contributed by atoms with van der Waals surface area (Å²) in [5.74, 6) is -0.409. The summed E-state index contributed by atoms with van der Waals surface area (Å²) < 4.78 is 19.6. The van der Waals surface area contributed by atoms with Crippen molar-refractivity contribution in [1.82, 2.24) is 15.2 Å². The first-order valence-electron chi connectivity index (χ1n) is 11.6. The Hall–Kier alpha value is -2.25. The molecule has 4 rings (SSSR count). The molecule has 5 nitrogen and oxygen atoms in total. The molecule has 1 saturated heterocycles. The number of rotatable bonds is 8. The lowest BCUT2D eigenvalue weighted by atomic mass is 9.92. The van der Waals surface area contributed by atoms with E-state index < -0.39 is 5.82 Å². The average molecular weight is 472 g/mol. The zero-order valence-electron chi connectivity index (χ0n) is 19.2. The minimum atomic E-state index is -0.409. The number of hydrogen-bond donors (Lipinski definition) is 2. The largest absolute Gasteiger partial charge is 0.383 e. The molecule has 0 radical (unpaired) electrons. The maximum Gasteiger partial charge on any atom is 0.251 e. The Morgan fingerprint density at radius 1 is 1.18 bits per heavy atom. The normalized spacial score (nSPS) is 16.4. The Kier molecular flexibility index (Phi) is 7.81. The monoisotopic (exact) mass is 471 g/mol. The van der Waals surface area contributed by atoms with Crippen LogP contribution in [0.3, 0.4) is 0 Å². The number of hydrogen-bond acceptors (Lipinski definition) is 4. The van der Waals surface area contributed by atoms with E-state index in [1.165, 1.54) is 0 Å². The highest BCUT2D eigenvalue weighted by atomic mass is 35.5. The summed E-state index contributed by atoms with van der Waals surface area (Å²) in [4.78, 5) is 17.6. The predicted molar refractivity (Wildman–Crippen MR) is 132 cm³/mol. The van der Waals surface area contributed by atoms with E-state index in [1.807, 2.05) is 31.2 Å². The average Bonchev–Trinajstić information content (AvgIpc) is 2.82. The van der Waals surface area contributed by atoms with Crippen LogP contribution < -0.4 is 10.9 Å². The number of piperidine rings is 1. The second kappa shape index (κ2) is 10.8. The van der Waals surface area contributed by atoms with E-state index >= 15 is 0 Å². The lowest BCUT2D eigenvalue weighted by molar-refractivity contribution is 0.152. The third-order valence-electron chi connectivity index (χ3n) is 6.54. The summed E-state index contributed by atoms with van der Waals surface area (Å²) in [6.07, 6.45) is 2.69. The van der Waals surface area contributed by atoms with E-state index in [1.54, 1.807) is 19.2 Å². The quantitative estimate of drug-likeness (QED) is 0.469. The number of pyridine rings is 1. The third kappa shape index (κ3) is 5.46. The van der Waals surface area contributed by atoms with Gasteiger partial charge in [-0.1, -0.05) is 30.7 Å². The van der Waals surface area contributed by atoms with Crippen molar-refractivity contribution >= 4 is 22.5 Å². The summed E-state index contributed by atoms with van der Waals surface area (Å²) in [5.41, 5.74) is 3.48. The maximum atomic E-state index is 14.4. The van der Waals surface area contributed by atoms with Crippen LogP contribution in [0.2, 0.25) is 5.02 Å². The van der Waals surface area contributed by atoms with Crippen LogP contribution in [-0.2, 0) is 11.2 Å². The molecule has 7 heteroatoms. The number of nitrogens with one attached hydrogen (secondary N) is 2. The number of aryl methyl sites for hydroxylation is 1. The molecule has 0 bridgehead atoms. The Balaban J connectivity index is 1.67. The number of benzene rings is 2. The minimum Gasteiger partial charge on any atom is -0.383 e. The Morgan fingerprint density at radius 3 is 2.61 bits per heavy atom. The zero-order valence-corrected chi connectivity index (χ0v) is 19.9. The van der Waals surface area contributed by atoms with Crippen molar-refractivity contribution in [1.29, 1.82) is 0 Å². The van der Waals surface area contributed by atoms with E-state index in [2.05, 4.69) is 21.3 Å². The smallest absolute Gasteiger partial charge is 0.251 e. The van der Waals surface area contributed by atoms with E-state index in [-0.39, 0.29) is 16.6 Å². The van der Waals surface area contributed by atoms with Gasteiger partial charge < -0.3 is 15.0 Å². The molecule has 0 amide bonds. The second-order valence-electron chi connectivity index (χ2n) is 8.66. The van der Waals surface area contributed by atoms with Gasteiger partial charge in [-0.2, -0.15) is 0 Å². The van der Waals surface area contributed by atoms with Gasteiger partial charge in [0.05, 0.1) is 17.7 Å². The van der Waals surface area contributed by atoms with Crippen molar-refractivity contribution in [3.63, 3.8) is 0 Å². The van der Waals surface area contributed by atoms with Gasteiger partial charge in [-0.15, -0.1) is 0 Å². The second-order valence-corrected chi connectivity index (χ2v) is 9.06. The summed E-state index contributed by atoms with van der Waals surface area (Å²) >= 11 is 5.98. The molecule has 176 valence electrons. The lowest BCUT2D eigenvalue weighted by Gasteiger charge is -2.38. The summed E-state index contributed by atoms with van der Waals surface area (Å²) in [6.45, 7) is 5.30. The van der Waals surface area contributed by atoms with E-state index in [0.717, 1.165) is 60.1 Å². The van der Waals surface area contributed by atoms with Gasteiger partial charge in [0.15, 0.2) is 0 Å². The zero-order chi connectivity index (χ0) is 23.4. The van der Waals surface area contributed by atoms with Crippen molar-refractivity contribution < 1.29 is 9.13 Å². The molecular formula is C26H31ClFN3O2. The van der Waals surface area contributed by atoms with Crippen LogP contribution >= 0.6 is 11.6 Å². The first-order chi connectivity index (χ1) is 16.0. The molecule has 0 saturated carbocycles. The summed E-state index contributed by atoms with van der Waals surface area (Å²) in [5, 5.41) is 4.67. The number of ether oxygens (including phenoxy) is 1. The number of halogens is 2. The first-order valence-corrected chi connectivity index (χ1v) is 11.9. The molecule has 0 spiro atoms. The third-order valence-corrected chi connectivity index (χ3v) is 6.84. The highest BCUT2D eigenvalue weighted by Gasteiger charge is 2.28. The Labute approximate surface area is 198 Å². The molecule has 2 aromatic carbocycles. The van der Waals surface area contributed by atoms with Crippen molar-refractivity contribution in [2.45, 2.75) is 38.3 Å². The van der Waals surface area contributed by atoms with E-state index in [0.29, 0.717) is 19.1 Å². The van der Waals surface area contributed by atoms with Crippen LogP contribution in [0.1, 0.15) is 42.5 Å². The summed E-state index contributed by atoms with van der Waals surface area (Å²) in [7, 11) is 1.71. The Bertz CT molecular complexity index is 1160. The van der Waals surface area contributed by atoms with Gasteiger partial charge in [0.25, 0.3) is 5.56 Å². The number of aromatic nitrogens is 1. The number of methoxy groups -OCH3 is 1. The van der Waals surface area contributed by atoms with Gasteiger partial charge in [-0.05, 0) is 66.1 Å². The number of H-pyrrole nitrogens is 1. The van der Waals surface area contributed by atoms with Gasteiger partial charge >= 0.3 is 0 Å². The van der Waals surface area contributed by atoms with Crippen molar-refractivity contribution in [2.75, 3.05) is 33.4 Å². The van der Waals surface area contributed by atoms with Gasteiger partial charge in [0.2, 0.25) is 0 Å². The SMILES string of the molecule is CCc1cc2cc(C(c3ccc(Cl)c(F)c3)N3CCC(NCCOC)CC3)ccc2[nH]c1=O. The standard InChI is InChI=1S/C26H31ClFN3O2/c1-3-17-14-20-15-18(5-7-24(20)30-26(17)32)25(19-4-6-22(27)23(28)16-19)31-11-8-21(9-12-31)29-10-13-33-2/h4-7,14-16,21,25,29H,3,8-13H2,1-2H3,(H,30,32). The van der Waals surface area contributed by atoms with Crippen LogP contribution in [0.15, 0.2) is 47.3 Å². The fourth-order valence-corrected chi connectivity index (χ4v) is 4.84. The van der Waals surface area contributed by atoms with Gasteiger partial charge in [-0.3, -0.25) is 9.69 Å². The van der Waals surface area contributed by atoms with Crippen LogP contribution in [0.25, 0.3) is 10.9 Å². The van der Waals surface area contributed by atoms with Gasteiger partial charge in [0, 0.05) is 43.9 Å².